The Balaban J connectivity index is 1.57. The summed E-state index contributed by atoms with van der Waals surface area (Å²) in [6, 6.07) is 1.11. The van der Waals surface area contributed by atoms with Crippen LogP contribution in [0.3, 0.4) is 0 Å². The maximum Gasteiger partial charge on any atom is 0.417 e. The molecule has 0 aromatic carbocycles. The third kappa shape index (κ3) is 4.11. The maximum absolute atomic E-state index is 13.9. The number of hydrogen-bond donors (Lipinski definition) is 2. The summed E-state index contributed by atoms with van der Waals surface area (Å²) in [5.41, 5.74) is -0.154. The van der Waals surface area contributed by atoms with Crippen molar-refractivity contribution in [2.75, 3.05) is 18.4 Å². The van der Waals surface area contributed by atoms with Crippen LogP contribution < -0.4 is 5.32 Å². The number of carbonyl (C=O) groups is 1. The van der Waals surface area contributed by atoms with Crippen molar-refractivity contribution in [2.24, 2.45) is 5.92 Å². The van der Waals surface area contributed by atoms with Gasteiger partial charge in [-0.3, -0.25) is 9.89 Å². The number of rotatable bonds is 4. The fourth-order valence-electron chi connectivity index (χ4n) is 4.69. The van der Waals surface area contributed by atoms with Crippen LogP contribution in [-0.2, 0) is 11.0 Å². The van der Waals surface area contributed by atoms with Gasteiger partial charge in [-0.25, -0.2) is 4.98 Å². The van der Waals surface area contributed by atoms with Gasteiger partial charge in [-0.05, 0) is 45.6 Å². The van der Waals surface area contributed by atoms with E-state index in [4.69, 9.17) is 0 Å². The van der Waals surface area contributed by atoms with Gasteiger partial charge in [-0.2, -0.15) is 18.3 Å². The lowest BCUT2D eigenvalue weighted by atomic mass is 9.91. The number of aromatic nitrogens is 3. The largest absolute Gasteiger partial charge is 0.417 e. The van der Waals surface area contributed by atoms with Crippen molar-refractivity contribution in [2.45, 2.75) is 70.5 Å². The second-order valence-corrected chi connectivity index (χ2v) is 8.77. The monoisotopic (exact) mass is 423 g/mol. The Morgan fingerprint density at radius 3 is 2.47 bits per heavy atom. The average Bonchev–Trinajstić information content (AvgIpc) is 3.36. The number of alkyl halides is 3. The van der Waals surface area contributed by atoms with Crippen molar-refractivity contribution >= 4 is 22.8 Å². The molecule has 3 heterocycles. The van der Waals surface area contributed by atoms with Gasteiger partial charge in [-0.1, -0.05) is 12.8 Å². The minimum Gasteiger partial charge on any atom is -0.366 e. The van der Waals surface area contributed by atoms with E-state index in [0.717, 1.165) is 25.7 Å². The van der Waals surface area contributed by atoms with Crippen molar-refractivity contribution in [1.82, 2.24) is 20.1 Å². The Labute approximate surface area is 173 Å². The molecule has 30 heavy (non-hydrogen) atoms. The molecule has 2 aromatic heterocycles. The zero-order valence-corrected chi connectivity index (χ0v) is 17.4. The first-order valence-electron chi connectivity index (χ1n) is 10.8. The second-order valence-electron chi connectivity index (χ2n) is 8.77. The lowest BCUT2D eigenvalue weighted by Crippen LogP contribution is -2.41. The van der Waals surface area contributed by atoms with E-state index < -0.39 is 11.7 Å². The Morgan fingerprint density at radius 1 is 1.20 bits per heavy atom. The van der Waals surface area contributed by atoms with Gasteiger partial charge in [0.1, 0.15) is 0 Å². The molecule has 0 bridgehead atoms. The molecule has 0 radical (unpaired) electrons. The first kappa shape index (κ1) is 20.9. The third-order valence-corrected chi connectivity index (χ3v) is 6.21. The number of nitrogens with one attached hydrogen (secondary N) is 2. The van der Waals surface area contributed by atoms with Gasteiger partial charge in [0.25, 0.3) is 0 Å². The smallest absolute Gasteiger partial charge is 0.366 e. The number of likely N-dealkylation sites (tertiary alicyclic amines) is 1. The molecular formula is C21H28F3N5O. The highest BCUT2D eigenvalue weighted by molar-refractivity contribution is 5.91. The van der Waals surface area contributed by atoms with Crippen LogP contribution in [0.25, 0.3) is 11.0 Å². The van der Waals surface area contributed by atoms with Gasteiger partial charge < -0.3 is 10.2 Å². The molecule has 1 saturated heterocycles. The topological polar surface area (TPSA) is 73.9 Å². The molecular weight excluding hydrogens is 395 g/mol. The molecule has 9 heteroatoms. The first-order valence-corrected chi connectivity index (χ1v) is 10.8. The first-order chi connectivity index (χ1) is 14.2. The molecule has 0 unspecified atom stereocenters. The number of carbonyl (C=O) groups excluding carboxylic acids is 1. The summed E-state index contributed by atoms with van der Waals surface area (Å²) in [7, 11) is 0. The summed E-state index contributed by atoms with van der Waals surface area (Å²) in [6.07, 6.45) is 0.867. The minimum absolute atomic E-state index is 0.0196. The molecule has 164 valence electrons. The highest BCUT2D eigenvalue weighted by Crippen LogP contribution is 2.40. The molecule has 1 saturated carbocycles. The summed E-state index contributed by atoms with van der Waals surface area (Å²) in [4.78, 5) is 19.0. The molecule has 0 atom stereocenters. The Bertz CT molecular complexity index is 909. The molecule has 0 spiro atoms. The number of piperidine rings is 1. The molecule has 4 rings (SSSR count). The molecule has 2 aliphatic rings. The van der Waals surface area contributed by atoms with E-state index in [1.54, 1.807) is 0 Å². The zero-order valence-electron chi connectivity index (χ0n) is 17.4. The second kappa shape index (κ2) is 8.07. The summed E-state index contributed by atoms with van der Waals surface area (Å²) in [5.74, 6) is 0.407. The molecule has 1 aliphatic heterocycles. The highest BCUT2D eigenvalue weighted by atomic mass is 19.4. The highest BCUT2D eigenvalue weighted by Gasteiger charge is 2.37. The van der Waals surface area contributed by atoms with Gasteiger partial charge in [0.2, 0.25) is 5.91 Å². The predicted molar refractivity (Wildman–Crippen MR) is 108 cm³/mol. The van der Waals surface area contributed by atoms with E-state index in [0.29, 0.717) is 31.6 Å². The van der Waals surface area contributed by atoms with Crippen LogP contribution in [-0.4, -0.2) is 45.1 Å². The number of nitrogens with zero attached hydrogens (tertiary/aromatic N) is 3. The fourth-order valence-corrected chi connectivity index (χ4v) is 4.69. The lowest BCUT2D eigenvalue weighted by molar-refractivity contribution is -0.136. The lowest BCUT2D eigenvalue weighted by Gasteiger charge is -2.33. The SMILES string of the molecule is CC(C)Nc1n[nH]c2nc(C3CCN(C(=O)C4CCCC4)CC3)cc(C(F)(F)F)c12. The van der Waals surface area contributed by atoms with Crippen molar-refractivity contribution in [3.63, 3.8) is 0 Å². The van der Waals surface area contributed by atoms with Crippen molar-refractivity contribution in [3.05, 3.63) is 17.3 Å². The predicted octanol–water partition coefficient (Wildman–Crippen LogP) is 4.69. The molecule has 1 amide bonds. The molecule has 2 aromatic rings. The van der Waals surface area contributed by atoms with E-state index in [2.05, 4.69) is 20.5 Å². The molecule has 1 aliphatic carbocycles. The third-order valence-electron chi connectivity index (χ3n) is 6.21. The van der Waals surface area contributed by atoms with E-state index in [1.807, 2.05) is 18.7 Å². The van der Waals surface area contributed by atoms with E-state index in [1.165, 1.54) is 6.07 Å². The van der Waals surface area contributed by atoms with Gasteiger partial charge in [0.05, 0.1) is 10.9 Å². The van der Waals surface area contributed by atoms with Crippen LogP contribution in [0.4, 0.5) is 19.0 Å². The van der Waals surface area contributed by atoms with Crippen LogP contribution in [0.2, 0.25) is 0 Å². The number of anilines is 1. The van der Waals surface area contributed by atoms with Crippen LogP contribution in [0.15, 0.2) is 6.07 Å². The Morgan fingerprint density at radius 2 is 1.87 bits per heavy atom. The number of pyridine rings is 1. The quantitative estimate of drug-likeness (QED) is 0.748. The molecule has 6 nitrogen and oxygen atoms in total. The zero-order chi connectivity index (χ0) is 21.5. The standard InChI is InChI=1S/C21H28F3N5O/c1-12(2)25-18-17-15(21(22,23)24)11-16(26-19(17)28-27-18)13-7-9-29(10-8-13)20(30)14-5-3-4-6-14/h11-14H,3-10H2,1-2H3,(H2,25,26,27,28). The molecule has 2 fully saturated rings. The van der Waals surface area contributed by atoms with Crippen molar-refractivity contribution in [1.29, 1.82) is 0 Å². The summed E-state index contributed by atoms with van der Waals surface area (Å²) >= 11 is 0. The number of aromatic amines is 1. The van der Waals surface area contributed by atoms with E-state index in [9.17, 15) is 18.0 Å². The summed E-state index contributed by atoms with van der Waals surface area (Å²) in [6.45, 7) is 4.83. The maximum atomic E-state index is 13.9. The van der Waals surface area contributed by atoms with Crippen LogP contribution in [0.1, 0.15) is 69.5 Å². The van der Waals surface area contributed by atoms with Gasteiger partial charge in [0.15, 0.2) is 11.5 Å². The fraction of sp³-hybridized carbons (Fsp3) is 0.667. The molecule has 2 N–H and O–H groups in total. The number of H-pyrrole nitrogens is 1. The van der Waals surface area contributed by atoms with Crippen LogP contribution in [0, 0.1) is 5.92 Å². The number of hydrogen-bond acceptors (Lipinski definition) is 4. The van der Waals surface area contributed by atoms with E-state index >= 15 is 0 Å². The average molecular weight is 423 g/mol. The van der Waals surface area contributed by atoms with Crippen LogP contribution >= 0.6 is 0 Å². The Hall–Kier alpha value is -2.32. The van der Waals surface area contributed by atoms with Gasteiger partial charge >= 0.3 is 6.18 Å². The van der Waals surface area contributed by atoms with E-state index in [-0.39, 0.29) is 40.6 Å². The number of halogens is 3. The minimum atomic E-state index is -4.51. The number of amides is 1. The van der Waals surface area contributed by atoms with Crippen LogP contribution in [0.5, 0.6) is 0 Å². The van der Waals surface area contributed by atoms with Gasteiger partial charge in [0, 0.05) is 36.7 Å². The summed E-state index contributed by atoms with van der Waals surface area (Å²) in [5, 5.41) is 9.62. The van der Waals surface area contributed by atoms with Crippen molar-refractivity contribution < 1.29 is 18.0 Å². The number of fused-ring (bicyclic) bond motifs is 1. The van der Waals surface area contributed by atoms with Crippen molar-refractivity contribution in [3.8, 4) is 0 Å². The Kier molecular flexibility index (Phi) is 5.63. The normalized spacial score (nSPS) is 19.2. The summed E-state index contributed by atoms with van der Waals surface area (Å²) < 4.78 is 41.6. The van der Waals surface area contributed by atoms with Gasteiger partial charge in [-0.15, -0.1) is 0 Å².